The van der Waals surface area contributed by atoms with Crippen LogP contribution in [-0.4, -0.2) is 63.9 Å². The standard InChI is InChI=1S/C27H37N7O6/c1-18(28)24(35)39-14-8-13-30-26(37)40-16-20-11-7-12-22-32-33-23(34(20)22)21(31-25(36)27(2,3)29)17-38-15-19-9-5-4-6-10-19/h4-7,9-12,18,21H,8,13-17,28-29H2,1-3H3,(H,30,37)(H,31,36)/t18-,21-/m1/s1. The first kappa shape index (κ1) is 30.5. The van der Waals surface area contributed by atoms with Crippen molar-refractivity contribution in [3.8, 4) is 0 Å². The molecule has 0 spiro atoms. The van der Waals surface area contributed by atoms with Gasteiger partial charge in [-0.1, -0.05) is 36.4 Å². The highest BCUT2D eigenvalue weighted by molar-refractivity contribution is 5.85. The number of nitrogens with zero attached hydrogens (tertiary/aromatic N) is 3. The van der Waals surface area contributed by atoms with Crippen LogP contribution in [0.3, 0.4) is 0 Å². The van der Waals surface area contributed by atoms with E-state index in [2.05, 4.69) is 20.8 Å². The Balaban J connectivity index is 1.68. The fourth-order valence-electron chi connectivity index (χ4n) is 3.52. The molecule has 2 heterocycles. The SMILES string of the molecule is C[C@@H](N)C(=O)OCCCNC(=O)OCc1cccc2nnc([C@@H](COCc3ccccc3)NC(=O)C(C)(C)N)n12. The Morgan fingerprint density at radius 3 is 2.48 bits per heavy atom. The zero-order valence-corrected chi connectivity index (χ0v) is 23.0. The monoisotopic (exact) mass is 555 g/mol. The van der Waals surface area contributed by atoms with Gasteiger partial charge in [0.05, 0.1) is 31.1 Å². The number of fused-ring (bicyclic) bond motifs is 1. The number of nitrogens with one attached hydrogen (secondary N) is 2. The van der Waals surface area contributed by atoms with Crippen molar-refractivity contribution in [2.24, 2.45) is 11.5 Å². The third-order valence-electron chi connectivity index (χ3n) is 5.69. The van der Waals surface area contributed by atoms with Crippen molar-refractivity contribution in [2.45, 2.75) is 58.0 Å². The molecule has 3 rings (SSSR count). The van der Waals surface area contributed by atoms with Crippen molar-refractivity contribution in [1.82, 2.24) is 25.2 Å². The molecule has 0 aliphatic rings. The normalized spacial score (nSPS) is 12.9. The highest BCUT2D eigenvalue weighted by Gasteiger charge is 2.28. The molecule has 13 heteroatoms. The van der Waals surface area contributed by atoms with Gasteiger partial charge in [0.25, 0.3) is 0 Å². The molecule has 0 aliphatic carbocycles. The summed E-state index contributed by atoms with van der Waals surface area (Å²) >= 11 is 0. The number of aromatic nitrogens is 3. The second kappa shape index (κ2) is 14.4. The van der Waals surface area contributed by atoms with E-state index in [0.717, 1.165) is 5.56 Å². The molecule has 0 saturated heterocycles. The van der Waals surface area contributed by atoms with Gasteiger partial charge < -0.3 is 36.3 Å². The predicted octanol–water partition coefficient (Wildman–Crippen LogP) is 1.35. The Kier molecular flexibility index (Phi) is 10.9. The largest absolute Gasteiger partial charge is 0.464 e. The molecule has 0 bridgehead atoms. The van der Waals surface area contributed by atoms with Crippen molar-refractivity contribution in [3.63, 3.8) is 0 Å². The highest BCUT2D eigenvalue weighted by atomic mass is 16.5. The van der Waals surface area contributed by atoms with E-state index in [1.54, 1.807) is 36.4 Å². The maximum atomic E-state index is 12.8. The van der Waals surface area contributed by atoms with Crippen LogP contribution >= 0.6 is 0 Å². The molecule has 0 unspecified atom stereocenters. The topological polar surface area (TPSA) is 185 Å². The number of nitrogens with two attached hydrogens (primary N) is 2. The lowest BCUT2D eigenvalue weighted by Crippen LogP contribution is -2.51. The zero-order chi connectivity index (χ0) is 29.1. The Bertz CT molecular complexity index is 1270. The number of alkyl carbamates (subject to hydrolysis) is 1. The number of pyridine rings is 1. The fourth-order valence-corrected chi connectivity index (χ4v) is 3.52. The van der Waals surface area contributed by atoms with Crippen molar-refractivity contribution >= 4 is 23.6 Å². The third-order valence-corrected chi connectivity index (χ3v) is 5.69. The van der Waals surface area contributed by atoms with Gasteiger partial charge in [0.2, 0.25) is 5.91 Å². The van der Waals surface area contributed by atoms with E-state index in [1.165, 1.54) is 6.92 Å². The number of carbonyl (C=O) groups excluding carboxylic acids is 3. The molecule has 0 fully saturated rings. The van der Waals surface area contributed by atoms with Gasteiger partial charge in [-0.25, -0.2) is 4.79 Å². The number of amides is 2. The molecule has 0 saturated carbocycles. The van der Waals surface area contributed by atoms with Gasteiger partial charge in [0.1, 0.15) is 18.7 Å². The lowest BCUT2D eigenvalue weighted by molar-refractivity contribution is -0.144. The summed E-state index contributed by atoms with van der Waals surface area (Å²) in [5, 5.41) is 14.1. The molecule has 13 nitrogen and oxygen atoms in total. The van der Waals surface area contributed by atoms with E-state index in [9.17, 15) is 14.4 Å². The number of rotatable bonds is 14. The minimum atomic E-state index is -1.14. The summed E-state index contributed by atoms with van der Waals surface area (Å²) in [5.41, 5.74) is 12.4. The molecule has 2 atom stereocenters. The average molecular weight is 556 g/mol. The Morgan fingerprint density at radius 1 is 1.02 bits per heavy atom. The van der Waals surface area contributed by atoms with Crippen molar-refractivity contribution in [1.29, 1.82) is 0 Å². The molecule has 2 amide bonds. The van der Waals surface area contributed by atoms with Gasteiger partial charge in [0, 0.05) is 6.54 Å². The lowest BCUT2D eigenvalue weighted by Gasteiger charge is -2.24. The van der Waals surface area contributed by atoms with Crippen LogP contribution < -0.4 is 22.1 Å². The van der Waals surface area contributed by atoms with Crippen LogP contribution in [0.25, 0.3) is 5.65 Å². The van der Waals surface area contributed by atoms with Gasteiger partial charge in [-0.05, 0) is 44.9 Å². The molecule has 0 radical (unpaired) electrons. The molecular formula is C27H37N7O6. The first-order valence-corrected chi connectivity index (χ1v) is 12.9. The van der Waals surface area contributed by atoms with Crippen LogP contribution in [0.2, 0.25) is 0 Å². The summed E-state index contributed by atoms with van der Waals surface area (Å²) in [4.78, 5) is 36.4. The van der Waals surface area contributed by atoms with Crippen LogP contribution in [0.15, 0.2) is 48.5 Å². The molecular weight excluding hydrogens is 518 g/mol. The van der Waals surface area contributed by atoms with Gasteiger partial charge in [-0.3, -0.25) is 14.0 Å². The van der Waals surface area contributed by atoms with Crippen molar-refractivity contribution < 1.29 is 28.6 Å². The van der Waals surface area contributed by atoms with Crippen LogP contribution in [0, 0.1) is 0 Å². The summed E-state index contributed by atoms with van der Waals surface area (Å²) in [5.74, 6) is -0.496. The minimum absolute atomic E-state index is 0.0954. The zero-order valence-electron chi connectivity index (χ0n) is 23.0. The van der Waals surface area contributed by atoms with Crippen LogP contribution in [0.5, 0.6) is 0 Å². The number of esters is 1. The van der Waals surface area contributed by atoms with Crippen LogP contribution in [0.4, 0.5) is 4.79 Å². The van der Waals surface area contributed by atoms with E-state index in [-0.39, 0.29) is 26.4 Å². The van der Waals surface area contributed by atoms with E-state index in [1.807, 2.05) is 30.3 Å². The summed E-state index contributed by atoms with van der Waals surface area (Å²) in [6.07, 6.45) is -0.244. The summed E-state index contributed by atoms with van der Waals surface area (Å²) in [6, 6.07) is 13.5. The van der Waals surface area contributed by atoms with E-state index in [0.29, 0.717) is 30.2 Å². The predicted molar refractivity (Wildman–Crippen MR) is 146 cm³/mol. The average Bonchev–Trinajstić information content (AvgIpc) is 3.35. The minimum Gasteiger partial charge on any atom is -0.464 e. The Morgan fingerprint density at radius 2 is 1.77 bits per heavy atom. The Labute approximate surface area is 232 Å². The van der Waals surface area contributed by atoms with E-state index >= 15 is 0 Å². The number of ether oxygens (including phenoxy) is 3. The number of hydrogen-bond donors (Lipinski definition) is 4. The second-order valence-electron chi connectivity index (χ2n) is 9.83. The summed E-state index contributed by atoms with van der Waals surface area (Å²) in [6.45, 7) is 5.45. The smallest absolute Gasteiger partial charge is 0.407 e. The van der Waals surface area contributed by atoms with Gasteiger partial charge >= 0.3 is 12.1 Å². The quantitative estimate of drug-likeness (QED) is 0.167. The molecule has 2 aromatic heterocycles. The maximum absolute atomic E-state index is 12.8. The molecule has 6 N–H and O–H groups in total. The molecule has 216 valence electrons. The molecule has 1 aromatic carbocycles. The number of benzene rings is 1. The number of carbonyl (C=O) groups is 3. The molecule has 0 aliphatic heterocycles. The van der Waals surface area contributed by atoms with Gasteiger partial charge in [-0.15, -0.1) is 10.2 Å². The van der Waals surface area contributed by atoms with E-state index < -0.39 is 35.6 Å². The fraction of sp³-hybridized carbons (Fsp3) is 0.444. The summed E-state index contributed by atoms with van der Waals surface area (Å²) < 4.78 is 18.0. The van der Waals surface area contributed by atoms with Crippen molar-refractivity contribution in [3.05, 3.63) is 65.6 Å². The van der Waals surface area contributed by atoms with Gasteiger partial charge in [0.15, 0.2) is 11.5 Å². The third kappa shape index (κ3) is 9.00. The lowest BCUT2D eigenvalue weighted by atomic mass is 10.1. The maximum Gasteiger partial charge on any atom is 0.407 e. The van der Waals surface area contributed by atoms with Crippen LogP contribution in [0.1, 0.15) is 50.3 Å². The summed E-state index contributed by atoms with van der Waals surface area (Å²) in [7, 11) is 0. The second-order valence-corrected chi connectivity index (χ2v) is 9.83. The molecule has 40 heavy (non-hydrogen) atoms. The number of hydrogen-bond acceptors (Lipinski definition) is 10. The van der Waals surface area contributed by atoms with E-state index in [4.69, 9.17) is 25.7 Å². The first-order chi connectivity index (χ1) is 19.1. The van der Waals surface area contributed by atoms with Crippen LogP contribution in [-0.2, 0) is 37.0 Å². The first-order valence-electron chi connectivity index (χ1n) is 12.9. The van der Waals surface area contributed by atoms with Crippen molar-refractivity contribution in [2.75, 3.05) is 19.8 Å². The Hall–Kier alpha value is -4.07. The van der Waals surface area contributed by atoms with Gasteiger partial charge in [-0.2, -0.15) is 0 Å². The molecule has 3 aromatic rings. The highest BCUT2D eigenvalue weighted by Crippen LogP contribution is 2.18.